The lowest BCUT2D eigenvalue weighted by Gasteiger charge is -2.16. The second-order valence-corrected chi connectivity index (χ2v) is 3.53. The maximum atomic E-state index is 2.44. The fraction of sp³-hybridized carbons (Fsp3) is 0.600. The summed E-state index contributed by atoms with van der Waals surface area (Å²) >= 11 is 0. The van der Waals surface area contributed by atoms with Gasteiger partial charge in [-0.15, -0.1) is 0 Å². The maximum Gasteiger partial charge on any atom is -0.0165 e. The molecule has 0 heteroatoms. The molecule has 0 radical (unpaired) electrons. The van der Waals surface area contributed by atoms with Crippen molar-refractivity contribution in [2.45, 2.75) is 26.2 Å². The van der Waals surface area contributed by atoms with Gasteiger partial charge in [-0.2, -0.15) is 0 Å². The number of allylic oxidation sites excluding steroid dienone is 4. The van der Waals surface area contributed by atoms with E-state index in [1.807, 2.05) is 0 Å². The molecule has 2 rings (SSSR count). The molecule has 0 N–H and O–H groups in total. The van der Waals surface area contributed by atoms with Gasteiger partial charge in [0.15, 0.2) is 0 Å². The van der Waals surface area contributed by atoms with Crippen LogP contribution in [-0.2, 0) is 0 Å². The molecule has 0 saturated heterocycles. The van der Waals surface area contributed by atoms with E-state index in [2.05, 4.69) is 25.2 Å². The molecule has 1 fully saturated rings. The molecule has 54 valence electrons. The zero-order valence-corrected chi connectivity index (χ0v) is 6.51. The van der Waals surface area contributed by atoms with E-state index in [-0.39, 0.29) is 0 Å². The molecular weight excluding hydrogens is 120 g/mol. The molecule has 2 aliphatic rings. The van der Waals surface area contributed by atoms with Crippen LogP contribution in [0.5, 0.6) is 0 Å². The topological polar surface area (TPSA) is 0 Å². The van der Waals surface area contributed by atoms with Crippen molar-refractivity contribution in [3.8, 4) is 0 Å². The van der Waals surface area contributed by atoms with Gasteiger partial charge in [0.25, 0.3) is 0 Å². The quantitative estimate of drug-likeness (QED) is 0.478. The van der Waals surface area contributed by atoms with Crippen molar-refractivity contribution in [2.24, 2.45) is 11.8 Å². The summed E-state index contributed by atoms with van der Waals surface area (Å²) in [5.41, 5.74) is 1.46. The molecule has 0 aromatic rings. The highest BCUT2D eigenvalue weighted by molar-refractivity contribution is 5.24. The molecule has 10 heavy (non-hydrogen) atoms. The van der Waals surface area contributed by atoms with Crippen LogP contribution in [0.1, 0.15) is 26.2 Å². The van der Waals surface area contributed by atoms with Crippen LogP contribution in [0, 0.1) is 11.8 Å². The summed E-state index contributed by atoms with van der Waals surface area (Å²) in [4.78, 5) is 0. The van der Waals surface area contributed by atoms with Crippen molar-refractivity contribution in [1.82, 2.24) is 0 Å². The Balaban J connectivity index is 2.20. The van der Waals surface area contributed by atoms with Gasteiger partial charge in [0, 0.05) is 0 Å². The summed E-state index contributed by atoms with van der Waals surface area (Å²) in [5, 5.41) is 0. The molecule has 2 aliphatic carbocycles. The Bertz CT molecular complexity index is 186. The summed E-state index contributed by atoms with van der Waals surface area (Å²) in [6, 6.07) is 0. The fourth-order valence-corrected chi connectivity index (χ4v) is 2.13. The highest BCUT2D eigenvalue weighted by Gasteiger charge is 2.24. The van der Waals surface area contributed by atoms with Crippen molar-refractivity contribution < 1.29 is 0 Å². The number of hydrogen-bond acceptors (Lipinski definition) is 0. The Kier molecular flexibility index (Phi) is 1.40. The third-order valence-corrected chi connectivity index (χ3v) is 2.71. The molecule has 1 saturated carbocycles. The largest absolute Gasteiger partial charge is 0.0806 e. The third kappa shape index (κ3) is 0.920. The average molecular weight is 134 g/mol. The predicted molar refractivity (Wildman–Crippen MR) is 43.7 cm³/mol. The molecule has 0 nitrogen and oxygen atoms in total. The molecule has 0 amide bonds. The first-order valence-electron chi connectivity index (χ1n) is 4.23. The fourth-order valence-electron chi connectivity index (χ4n) is 2.13. The van der Waals surface area contributed by atoms with Crippen molar-refractivity contribution in [3.05, 3.63) is 23.8 Å². The van der Waals surface area contributed by atoms with Crippen molar-refractivity contribution in [1.29, 1.82) is 0 Å². The first-order valence-corrected chi connectivity index (χ1v) is 4.23. The Morgan fingerprint density at radius 1 is 1.30 bits per heavy atom. The average Bonchev–Trinajstić information content (AvgIpc) is 2.33. The van der Waals surface area contributed by atoms with Crippen LogP contribution in [-0.4, -0.2) is 0 Å². The number of fused-ring (bicyclic) bond motifs is 1. The second-order valence-electron chi connectivity index (χ2n) is 3.53. The SMILES string of the molecule is CC1=CC2CCCC2C=C1. The minimum absolute atomic E-state index is 0.892. The van der Waals surface area contributed by atoms with E-state index in [0.717, 1.165) is 11.8 Å². The molecule has 2 atom stereocenters. The lowest BCUT2D eigenvalue weighted by Crippen LogP contribution is -2.05. The van der Waals surface area contributed by atoms with Crippen LogP contribution >= 0.6 is 0 Å². The highest BCUT2D eigenvalue weighted by atomic mass is 14.3. The first-order chi connectivity index (χ1) is 4.86. The first kappa shape index (κ1) is 6.21. The monoisotopic (exact) mass is 134 g/mol. The summed E-state index contributed by atoms with van der Waals surface area (Å²) in [6.07, 6.45) is 11.4. The molecule has 0 aliphatic heterocycles. The van der Waals surface area contributed by atoms with E-state index in [9.17, 15) is 0 Å². The Hall–Kier alpha value is -0.520. The van der Waals surface area contributed by atoms with Crippen LogP contribution in [0.3, 0.4) is 0 Å². The van der Waals surface area contributed by atoms with Gasteiger partial charge < -0.3 is 0 Å². The minimum atomic E-state index is 0.892. The van der Waals surface area contributed by atoms with Gasteiger partial charge in [0.1, 0.15) is 0 Å². The van der Waals surface area contributed by atoms with E-state index in [0.29, 0.717) is 0 Å². The molecule has 0 aromatic heterocycles. The van der Waals surface area contributed by atoms with Gasteiger partial charge in [-0.25, -0.2) is 0 Å². The highest BCUT2D eigenvalue weighted by Crippen LogP contribution is 2.36. The number of rotatable bonds is 0. The van der Waals surface area contributed by atoms with Crippen LogP contribution in [0.25, 0.3) is 0 Å². The predicted octanol–water partition coefficient (Wildman–Crippen LogP) is 2.92. The summed E-state index contributed by atoms with van der Waals surface area (Å²) < 4.78 is 0. The smallest absolute Gasteiger partial charge is 0.0165 e. The van der Waals surface area contributed by atoms with E-state index in [1.54, 1.807) is 0 Å². The van der Waals surface area contributed by atoms with Crippen molar-refractivity contribution in [3.63, 3.8) is 0 Å². The van der Waals surface area contributed by atoms with Gasteiger partial charge in [-0.3, -0.25) is 0 Å². The number of hydrogen-bond donors (Lipinski definition) is 0. The molecule has 2 unspecified atom stereocenters. The molecule has 0 bridgehead atoms. The van der Waals surface area contributed by atoms with Gasteiger partial charge in [-0.05, 0) is 31.6 Å². The summed E-state index contributed by atoms with van der Waals surface area (Å²) in [6.45, 7) is 2.20. The van der Waals surface area contributed by atoms with Gasteiger partial charge in [0.2, 0.25) is 0 Å². The minimum Gasteiger partial charge on any atom is -0.0806 e. The summed E-state index contributed by atoms with van der Waals surface area (Å²) in [5.74, 6) is 1.79. The zero-order chi connectivity index (χ0) is 6.97. The molecule has 0 spiro atoms. The maximum absolute atomic E-state index is 2.44. The van der Waals surface area contributed by atoms with Gasteiger partial charge in [-0.1, -0.05) is 30.2 Å². The zero-order valence-electron chi connectivity index (χ0n) is 6.51. The van der Waals surface area contributed by atoms with Crippen LogP contribution in [0.15, 0.2) is 23.8 Å². The Morgan fingerprint density at radius 2 is 2.10 bits per heavy atom. The van der Waals surface area contributed by atoms with E-state index >= 15 is 0 Å². The molecule has 0 heterocycles. The van der Waals surface area contributed by atoms with E-state index in [4.69, 9.17) is 0 Å². The third-order valence-electron chi connectivity index (χ3n) is 2.71. The van der Waals surface area contributed by atoms with Crippen LogP contribution < -0.4 is 0 Å². The normalized spacial score (nSPS) is 37.5. The van der Waals surface area contributed by atoms with Gasteiger partial charge in [0.05, 0.1) is 0 Å². The molecular formula is C10H14. The second kappa shape index (κ2) is 2.26. The van der Waals surface area contributed by atoms with Gasteiger partial charge >= 0.3 is 0 Å². The summed E-state index contributed by atoms with van der Waals surface area (Å²) in [7, 11) is 0. The Morgan fingerprint density at radius 3 is 3.00 bits per heavy atom. The van der Waals surface area contributed by atoms with Crippen LogP contribution in [0.4, 0.5) is 0 Å². The van der Waals surface area contributed by atoms with Crippen molar-refractivity contribution >= 4 is 0 Å². The van der Waals surface area contributed by atoms with Crippen molar-refractivity contribution in [2.75, 3.05) is 0 Å². The van der Waals surface area contributed by atoms with Crippen LogP contribution in [0.2, 0.25) is 0 Å². The standard InChI is InChI=1S/C10H14/c1-8-5-6-9-3-2-4-10(9)7-8/h5-7,9-10H,2-4H2,1H3. The molecule has 0 aromatic carbocycles. The van der Waals surface area contributed by atoms with E-state index < -0.39 is 0 Å². The Labute approximate surface area is 62.6 Å². The lowest BCUT2D eigenvalue weighted by atomic mass is 9.89. The lowest BCUT2D eigenvalue weighted by molar-refractivity contribution is 0.548. The van der Waals surface area contributed by atoms with E-state index in [1.165, 1.54) is 24.8 Å².